The van der Waals surface area contributed by atoms with Crippen molar-refractivity contribution in [1.82, 2.24) is 14.9 Å². The molecule has 0 bridgehead atoms. The number of carbonyl (C=O) groups is 2. The second-order valence-electron chi connectivity index (χ2n) is 6.10. The fourth-order valence-corrected chi connectivity index (χ4v) is 2.24. The van der Waals surface area contributed by atoms with Crippen molar-refractivity contribution in [2.24, 2.45) is 11.5 Å². The number of benzene rings is 1. The predicted molar refractivity (Wildman–Crippen MR) is 106 cm³/mol. The largest absolute Gasteiger partial charge is 0.480 e. The summed E-state index contributed by atoms with van der Waals surface area (Å²) >= 11 is 0. The van der Waals surface area contributed by atoms with Gasteiger partial charge in [-0.3, -0.25) is 9.59 Å². The maximum atomic E-state index is 11.7. The van der Waals surface area contributed by atoms with Crippen LogP contribution in [-0.2, 0) is 22.7 Å². The molecule has 2 aromatic rings. The van der Waals surface area contributed by atoms with Gasteiger partial charge in [0.15, 0.2) is 6.54 Å². The summed E-state index contributed by atoms with van der Waals surface area (Å²) in [7, 11) is 0. The Kier molecular flexibility index (Phi) is 10.6. The van der Waals surface area contributed by atoms with E-state index in [-0.39, 0.29) is 18.4 Å². The molecule has 1 aromatic heterocycles. The average molecular weight is 406 g/mol. The molecule has 0 radical (unpaired) electrons. The molecule has 1 unspecified atom stereocenters. The van der Waals surface area contributed by atoms with Crippen LogP contribution in [0.3, 0.4) is 0 Å². The van der Waals surface area contributed by atoms with E-state index in [4.69, 9.17) is 16.6 Å². The van der Waals surface area contributed by atoms with Crippen molar-refractivity contribution < 1.29 is 19.6 Å². The molecule has 1 aromatic carbocycles. The van der Waals surface area contributed by atoms with E-state index >= 15 is 0 Å². The molecule has 2 rings (SSSR count). The Balaban J connectivity index is 0.000000359. The lowest BCUT2D eigenvalue weighted by atomic mass is 10.1. The standard InChI is InChI=1S/C12H12N4O3.C6H14N2O2/c17-11(14-8-10-4-2-1-3-5-10)9-15-7-6-13-12(15)16(18)19;7-4-2-1-3-5(8)6(9)10/h1-7H,8-9H2,(H,14,17);5H,1-4,7-8H2,(H,9,10). The summed E-state index contributed by atoms with van der Waals surface area (Å²) in [5.74, 6) is -1.57. The van der Waals surface area contributed by atoms with Gasteiger partial charge in [0.25, 0.3) is 5.91 Å². The van der Waals surface area contributed by atoms with Gasteiger partial charge < -0.3 is 32.0 Å². The zero-order chi connectivity index (χ0) is 21.6. The average Bonchev–Trinajstić information content (AvgIpc) is 3.16. The van der Waals surface area contributed by atoms with Gasteiger partial charge >= 0.3 is 11.9 Å². The summed E-state index contributed by atoms with van der Waals surface area (Å²) in [6.07, 6.45) is 4.86. The number of carboxylic acids is 1. The number of carbonyl (C=O) groups excluding carboxylic acids is 1. The highest BCUT2D eigenvalue weighted by molar-refractivity contribution is 5.76. The van der Waals surface area contributed by atoms with Crippen molar-refractivity contribution in [3.63, 3.8) is 0 Å². The first-order valence-electron chi connectivity index (χ1n) is 8.99. The summed E-state index contributed by atoms with van der Waals surface area (Å²) in [4.78, 5) is 35.4. The Morgan fingerprint density at radius 3 is 2.55 bits per heavy atom. The Bertz CT molecular complexity index is 780. The first kappa shape index (κ1) is 23.7. The minimum Gasteiger partial charge on any atom is -0.480 e. The number of amides is 1. The molecule has 0 saturated carbocycles. The van der Waals surface area contributed by atoms with E-state index in [0.717, 1.165) is 18.4 Å². The van der Waals surface area contributed by atoms with Gasteiger partial charge in [0.1, 0.15) is 18.4 Å². The molecule has 0 saturated heterocycles. The van der Waals surface area contributed by atoms with Crippen LogP contribution in [0, 0.1) is 10.1 Å². The third-order valence-electron chi connectivity index (χ3n) is 3.79. The van der Waals surface area contributed by atoms with Crippen LogP contribution in [0.1, 0.15) is 24.8 Å². The number of rotatable bonds is 10. The van der Waals surface area contributed by atoms with Crippen molar-refractivity contribution in [3.05, 3.63) is 58.4 Å². The van der Waals surface area contributed by atoms with Gasteiger partial charge in [-0.25, -0.2) is 4.57 Å². The zero-order valence-corrected chi connectivity index (χ0v) is 15.9. The molecule has 11 nitrogen and oxygen atoms in total. The van der Waals surface area contributed by atoms with Crippen molar-refractivity contribution >= 4 is 17.8 Å². The number of nitro groups is 1. The van der Waals surface area contributed by atoms with E-state index in [1.54, 1.807) is 0 Å². The fourth-order valence-electron chi connectivity index (χ4n) is 2.24. The van der Waals surface area contributed by atoms with Crippen molar-refractivity contribution in [3.8, 4) is 0 Å². The summed E-state index contributed by atoms with van der Waals surface area (Å²) in [6.45, 7) is 0.873. The maximum Gasteiger partial charge on any atom is 0.435 e. The van der Waals surface area contributed by atoms with Gasteiger partial charge in [-0.15, -0.1) is 0 Å². The molecule has 1 heterocycles. The number of hydrogen-bond donors (Lipinski definition) is 4. The number of aromatic nitrogens is 2. The van der Waals surface area contributed by atoms with E-state index < -0.39 is 16.9 Å². The SMILES string of the molecule is NCCCCC(N)C(=O)O.O=C(Cn1ccnc1[N+](=O)[O-])NCc1ccccc1. The second kappa shape index (κ2) is 13.0. The van der Waals surface area contributed by atoms with Gasteiger partial charge in [-0.1, -0.05) is 41.7 Å². The Hall–Kier alpha value is -3.31. The van der Waals surface area contributed by atoms with Crippen LogP contribution < -0.4 is 16.8 Å². The van der Waals surface area contributed by atoms with E-state index in [1.165, 1.54) is 17.0 Å². The molecule has 0 aliphatic rings. The van der Waals surface area contributed by atoms with Crippen LogP contribution in [0.2, 0.25) is 0 Å². The highest BCUT2D eigenvalue weighted by atomic mass is 16.6. The number of unbranched alkanes of at least 4 members (excludes halogenated alkanes) is 1. The Morgan fingerprint density at radius 1 is 1.28 bits per heavy atom. The van der Waals surface area contributed by atoms with E-state index in [1.807, 2.05) is 30.3 Å². The highest BCUT2D eigenvalue weighted by Crippen LogP contribution is 2.06. The lowest BCUT2D eigenvalue weighted by molar-refractivity contribution is -0.396. The maximum absolute atomic E-state index is 11.7. The van der Waals surface area contributed by atoms with Gasteiger partial charge in [0.2, 0.25) is 0 Å². The van der Waals surface area contributed by atoms with E-state index in [2.05, 4.69) is 10.3 Å². The Morgan fingerprint density at radius 2 is 1.97 bits per heavy atom. The molecule has 0 spiro atoms. The lowest BCUT2D eigenvalue weighted by Gasteiger charge is -2.05. The van der Waals surface area contributed by atoms with Gasteiger partial charge in [0.05, 0.1) is 0 Å². The van der Waals surface area contributed by atoms with Gasteiger partial charge in [-0.05, 0) is 29.9 Å². The molecule has 1 amide bonds. The lowest BCUT2D eigenvalue weighted by Crippen LogP contribution is -2.29. The number of aliphatic carboxylic acids is 1. The minimum absolute atomic E-state index is 0.122. The second-order valence-corrected chi connectivity index (χ2v) is 6.10. The fraction of sp³-hybridized carbons (Fsp3) is 0.389. The molecule has 29 heavy (non-hydrogen) atoms. The van der Waals surface area contributed by atoms with Crippen LogP contribution in [0.5, 0.6) is 0 Å². The van der Waals surface area contributed by atoms with Crippen LogP contribution in [0.15, 0.2) is 42.7 Å². The number of hydrogen-bond acceptors (Lipinski definition) is 7. The number of imidazole rings is 1. The number of nitrogens with two attached hydrogens (primary N) is 2. The third kappa shape index (κ3) is 9.44. The quantitative estimate of drug-likeness (QED) is 0.252. The molecule has 6 N–H and O–H groups in total. The minimum atomic E-state index is -0.933. The first-order valence-corrected chi connectivity index (χ1v) is 8.99. The predicted octanol–water partition coefficient (Wildman–Crippen LogP) is 0.635. The molecule has 158 valence electrons. The Labute approximate surface area is 167 Å². The molecular formula is C18H26N6O5. The van der Waals surface area contributed by atoms with Crippen LogP contribution in [-0.4, -0.2) is 44.0 Å². The summed E-state index contributed by atoms with van der Waals surface area (Å²) < 4.78 is 1.19. The number of nitrogens with zero attached hydrogens (tertiary/aromatic N) is 3. The van der Waals surface area contributed by atoms with Crippen molar-refractivity contribution in [2.45, 2.75) is 38.4 Å². The number of nitrogens with one attached hydrogen (secondary N) is 1. The molecule has 0 fully saturated rings. The van der Waals surface area contributed by atoms with Crippen LogP contribution in [0.4, 0.5) is 5.95 Å². The third-order valence-corrected chi connectivity index (χ3v) is 3.79. The summed E-state index contributed by atoms with van der Waals surface area (Å²) in [5, 5.41) is 21.7. The van der Waals surface area contributed by atoms with Gasteiger partial charge in [0, 0.05) is 6.54 Å². The topological polar surface area (TPSA) is 179 Å². The summed E-state index contributed by atoms with van der Waals surface area (Å²) in [6, 6.07) is 8.70. The van der Waals surface area contributed by atoms with Crippen LogP contribution in [0.25, 0.3) is 0 Å². The van der Waals surface area contributed by atoms with Crippen molar-refractivity contribution in [2.75, 3.05) is 6.54 Å². The van der Waals surface area contributed by atoms with E-state index in [9.17, 15) is 19.7 Å². The van der Waals surface area contributed by atoms with Gasteiger partial charge in [-0.2, -0.15) is 0 Å². The first-order chi connectivity index (χ1) is 13.8. The monoisotopic (exact) mass is 406 g/mol. The van der Waals surface area contributed by atoms with Crippen molar-refractivity contribution in [1.29, 1.82) is 0 Å². The smallest absolute Gasteiger partial charge is 0.435 e. The zero-order valence-electron chi connectivity index (χ0n) is 15.9. The molecule has 11 heteroatoms. The number of carboxylic acid groups (broad SMARTS) is 1. The molecule has 0 aliphatic heterocycles. The molecular weight excluding hydrogens is 380 g/mol. The normalized spacial score (nSPS) is 11.1. The summed E-state index contributed by atoms with van der Waals surface area (Å²) in [5.41, 5.74) is 11.4. The molecule has 1 atom stereocenters. The van der Waals surface area contributed by atoms with E-state index in [0.29, 0.717) is 19.5 Å². The highest BCUT2D eigenvalue weighted by Gasteiger charge is 2.16. The molecule has 0 aliphatic carbocycles. The van der Waals surface area contributed by atoms with Crippen LogP contribution >= 0.6 is 0 Å².